The van der Waals surface area contributed by atoms with Crippen LogP contribution in [0.2, 0.25) is 0 Å². The van der Waals surface area contributed by atoms with E-state index >= 15 is 0 Å². The molecule has 0 bridgehead atoms. The van der Waals surface area contributed by atoms with Crippen molar-refractivity contribution in [1.29, 1.82) is 5.26 Å². The third-order valence-corrected chi connectivity index (χ3v) is 4.56. The SMILES string of the molecule is CCN(CC(=O)Nc1cccc(OC)c1)CC(=O)N[C@](C)(C#N)C1CC1. The molecule has 7 nitrogen and oxygen atoms in total. The minimum absolute atomic E-state index is 0.0754. The number of hydrogen-bond donors (Lipinski definition) is 2. The maximum atomic E-state index is 12.3. The molecular formula is C19H26N4O3. The molecule has 1 saturated carbocycles. The van der Waals surface area contributed by atoms with E-state index in [1.165, 1.54) is 0 Å². The van der Waals surface area contributed by atoms with Crippen LogP contribution in [0.3, 0.4) is 0 Å². The van der Waals surface area contributed by atoms with Gasteiger partial charge in [-0.2, -0.15) is 5.26 Å². The second kappa shape index (κ2) is 8.68. The molecule has 1 aromatic rings. The fourth-order valence-electron chi connectivity index (χ4n) is 2.80. The largest absolute Gasteiger partial charge is 0.497 e. The summed E-state index contributed by atoms with van der Waals surface area (Å²) in [7, 11) is 1.56. The molecule has 2 rings (SSSR count). The summed E-state index contributed by atoms with van der Waals surface area (Å²) in [4.78, 5) is 26.3. The summed E-state index contributed by atoms with van der Waals surface area (Å²) in [6.07, 6.45) is 1.93. The molecule has 2 amide bonds. The van der Waals surface area contributed by atoms with Crippen molar-refractivity contribution in [2.24, 2.45) is 5.92 Å². The molecule has 0 saturated heterocycles. The van der Waals surface area contributed by atoms with Crippen molar-refractivity contribution in [3.63, 3.8) is 0 Å². The first-order chi connectivity index (χ1) is 12.4. The van der Waals surface area contributed by atoms with Gasteiger partial charge in [0.1, 0.15) is 11.3 Å². The predicted molar refractivity (Wildman–Crippen MR) is 98.6 cm³/mol. The van der Waals surface area contributed by atoms with Gasteiger partial charge in [0.05, 0.1) is 26.3 Å². The number of nitrogens with zero attached hydrogens (tertiary/aromatic N) is 2. The molecule has 1 aromatic carbocycles. The van der Waals surface area contributed by atoms with Gasteiger partial charge in [0.15, 0.2) is 0 Å². The Morgan fingerprint density at radius 1 is 1.35 bits per heavy atom. The molecule has 1 aliphatic carbocycles. The van der Waals surface area contributed by atoms with Crippen LogP contribution in [0.5, 0.6) is 5.75 Å². The Morgan fingerprint density at radius 3 is 2.62 bits per heavy atom. The van der Waals surface area contributed by atoms with Gasteiger partial charge >= 0.3 is 0 Å². The van der Waals surface area contributed by atoms with Crippen molar-refractivity contribution in [2.45, 2.75) is 32.2 Å². The van der Waals surface area contributed by atoms with E-state index in [4.69, 9.17) is 4.74 Å². The number of benzene rings is 1. The molecule has 140 valence electrons. The molecule has 1 fully saturated rings. The highest BCUT2D eigenvalue weighted by molar-refractivity contribution is 5.92. The Hall–Kier alpha value is -2.59. The molecule has 26 heavy (non-hydrogen) atoms. The van der Waals surface area contributed by atoms with E-state index in [0.717, 1.165) is 12.8 Å². The molecule has 0 aliphatic heterocycles. The van der Waals surface area contributed by atoms with Crippen molar-refractivity contribution >= 4 is 17.5 Å². The number of anilines is 1. The number of nitriles is 1. The van der Waals surface area contributed by atoms with Crippen LogP contribution in [0.4, 0.5) is 5.69 Å². The monoisotopic (exact) mass is 358 g/mol. The summed E-state index contributed by atoms with van der Waals surface area (Å²) in [6, 6.07) is 9.30. The van der Waals surface area contributed by atoms with Crippen molar-refractivity contribution in [3.8, 4) is 11.8 Å². The lowest BCUT2D eigenvalue weighted by atomic mass is 9.98. The van der Waals surface area contributed by atoms with Crippen molar-refractivity contribution in [2.75, 3.05) is 32.1 Å². The second-order valence-electron chi connectivity index (χ2n) is 6.72. The van der Waals surface area contributed by atoms with E-state index in [0.29, 0.717) is 18.0 Å². The normalized spacial score (nSPS) is 15.7. The van der Waals surface area contributed by atoms with Crippen LogP contribution in [0.1, 0.15) is 26.7 Å². The smallest absolute Gasteiger partial charge is 0.238 e. The van der Waals surface area contributed by atoms with Crippen molar-refractivity contribution < 1.29 is 14.3 Å². The number of carbonyl (C=O) groups excluding carboxylic acids is 2. The standard InChI is InChI=1S/C19H26N4O3/c1-4-23(12-18(25)22-19(2,13-20)14-8-9-14)11-17(24)21-15-6-5-7-16(10-15)26-3/h5-7,10,14H,4,8-9,11-12H2,1-3H3,(H,21,24)(H,22,25)/t19-/m1/s1. The van der Waals surface area contributed by atoms with E-state index in [1.54, 1.807) is 43.2 Å². The summed E-state index contributed by atoms with van der Waals surface area (Å²) in [5.41, 5.74) is -0.181. The van der Waals surface area contributed by atoms with Crippen LogP contribution in [-0.2, 0) is 9.59 Å². The Kier molecular flexibility index (Phi) is 6.58. The van der Waals surface area contributed by atoms with Gasteiger partial charge < -0.3 is 15.4 Å². The predicted octanol–water partition coefficient (Wildman–Crippen LogP) is 1.76. The minimum atomic E-state index is -0.820. The lowest BCUT2D eigenvalue weighted by Crippen LogP contribution is -2.50. The summed E-state index contributed by atoms with van der Waals surface area (Å²) in [6.45, 7) is 4.36. The number of ether oxygens (including phenoxy) is 1. The number of carbonyl (C=O) groups is 2. The molecule has 1 aliphatic rings. The molecule has 7 heteroatoms. The Balaban J connectivity index is 1.86. The molecule has 0 aromatic heterocycles. The first-order valence-corrected chi connectivity index (χ1v) is 8.78. The van der Waals surface area contributed by atoms with Crippen LogP contribution in [-0.4, -0.2) is 49.0 Å². The van der Waals surface area contributed by atoms with Gasteiger partial charge in [-0.3, -0.25) is 14.5 Å². The number of methoxy groups -OCH3 is 1. The van der Waals surface area contributed by atoms with Gasteiger partial charge in [0, 0.05) is 11.8 Å². The fourth-order valence-corrected chi connectivity index (χ4v) is 2.80. The van der Waals surface area contributed by atoms with E-state index in [9.17, 15) is 14.9 Å². The maximum Gasteiger partial charge on any atom is 0.238 e. The summed E-state index contributed by atoms with van der Waals surface area (Å²) >= 11 is 0. The molecule has 2 N–H and O–H groups in total. The van der Waals surface area contributed by atoms with Gasteiger partial charge in [0.2, 0.25) is 11.8 Å². The van der Waals surface area contributed by atoms with Gasteiger partial charge in [-0.25, -0.2) is 0 Å². The maximum absolute atomic E-state index is 12.3. The lowest BCUT2D eigenvalue weighted by Gasteiger charge is -2.25. The van der Waals surface area contributed by atoms with Crippen LogP contribution < -0.4 is 15.4 Å². The molecule has 0 spiro atoms. The number of amides is 2. The zero-order chi connectivity index (χ0) is 19.2. The highest BCUT2D eigenvalue weighted by Crippen LogP contribution is 2.39. The first kappa shape index (κ1) is 19.7. The topological polar surface area (TPSA) is 94.5 Å². The highest BCUT2D eigenvalue weighted by atomic mass is 16.5. The van der Waals surface area contributed by atoms with E-state index in [1.807, 2.05) is 6.92 Å². The number of nitrogens with one attached hydrogen (secondary N) is 2. The average molecular weight is 358 g/mol. The van der Waals surface area contributed by atoms with Gasteiger partial charge in [-0.1, -0.05) is 13.0 Å². The van der Waals surface area contributed by atoms with E-state index in [2.05, 4.69) is 16.7 Å². The Morgan fingerprint density at radius 2 is 2.04 bits per heavy atom. The first-order valence-electron chi connectivity index (χ1n) is 8.78. The third-order valence-electron chi connectivity index (χ3n) is 4.56. The fraction of sp³-hybridized carbons (Fsp3) is 0.526. The molecular weight excluding hydrogens is 332 g/mol. The zero-order valence-electron chi connectivity index (χ0n) is 15.5. The summed E-state index contributed by atoms with van der Waals surface area (Å²) < 4.78 is 5.13. The highest BCUT2D eigenvalue weighted by Gasteiger charge is 2.43. The average Bonchev–Trinajstić information content (AvgIpc) is 3.46. The van der Waals surface area contributed by atoms with E-state index in [-0.39, 0.29) is 30.8 Å². The molecule has 0 radical (unpaired) electrons. The third kappa shape index (κ3) is 5.46. The van der Waals surface area contributed by atoms with Crippen LogP contribution in [0, 0.1) is 17.2 Å². The van der Waals surface area contributed by atoms with Crippen molar-refractivity contribution in [3.05, 3.63) is 24.3 Å². The van der Waals surface area contributed by atoms with E-state index < -0.39 is 5.54 Å². The summed E-state index contributed by atoms with van der Waals surface area (Å²) in [5.74, 6) is 0.434. The molecule has 0 heterocycles. The van der Waals surface area contributed by atoms with Gasteiger partial charge in [-0.05, 0) is 44.4 Å². The van der Waals surface area contributed by atoms with Crippen LogP contribution >= 0.6 is 0 Å². The second-order valence-corrected chi connectivity index (χ2v) is 6.72. The number of likely N-dealkylation sites (N-methyl/N-ethyl adjacent to an activating group) is 1. The molecule has 1 atom stereocenters. The lowest BCUT2D eigenvalue weighted by molar-refractivity contribution is -0.124. The van der Waals surface area contributed by atoms with Crippen LogP contribution in [0.25, 0.3) is 0 Å². The van der Waals surface area contributed by atoms with Gasteiger partial charge in [-0.15, -0.1) is 0 Å². The van der Waals surface area contributed by atoms with Crippen molar-refractivity contribution in [1.82, 2.24) is 10.2 Å². The summed E-state index contributed by atoms with van der Waals surface area (Å²) in [5, 5.41) is 15.0. The zero-order valence-corrected chi connectivity index (χ0v) is 15.5. The molecule has 0 unspecified atom stereocenters. The minimum Gasteiger partial charge on any atom is -0.497 e. The Bertz CT molecular complexity index is 696. The quantitative estimate of drug-likeness (QED) is 0.701. The Labute approximate surface area is 154 Å². The van der Waals surface area contributed by atoms with Crippen LogP contribution in [0.15, 0.2) is 24.3 Å². The van der Waals surface area contributed by atoms with Gasteiger partial charge in [0.25, 0.3) is 0 Å². The number of hydrogen-bond acceptors (Lipinski definition) is 5. The number of rotatable bonds is 9.